The third kappa shape index (κ3) is 9.04. The number of imide groups is 1. The maximum absolute atomic E-state index is 13.4. The molecule has 0 saturated carbocycles. The zero-order chi connectivity index (χ0) is 35.9. The molecule has 3 aliphatic heterocycles. The molecule has 0 aliphatic carbocycles. The molecule has 0 spiro atoms. The summed E-state index contributed by atoms with van der Waals surface area (Å²) in [5, 5.41) is 5.37. The average molecular weight is 698 g/mol. The first-order valence-electron chi connectivity index (χ1n) is 16.7. The summed E-state index contributed by atoms with van der Waals surface area (Å²) in [4.78, 5) is 65.4. The highest BCUT2D eigenvalue weighted by Gasteiger charge is 2.43. The molecule has 13 nitrogen and oxygen atoms in total. The van der Waals surface area contributed by atoms with Crippen molar-refractivity contribution in [3.63, 3.8) is 0 Å². The molecule has 2 unspecified atom stereocenters. The molecule has 2 saturated heterocycles. The van der Waals surface area contributed by atoms with Gasteiger partial charge in [0.25, 0.3) is 11.8 Å². The molecular formula is C35H47N5O8S. The summed E-state index contributed by atoms with van der Waals surface area (Å²) in [6.07, 6.45) is 1.48. The Labute approximate surface area is 290 Å². The summed E-state index contributed by atoms with van der Waals surface area (Å²) < 4.78 is 26.8. The molecule has 4 amide bonds. The van der Waals surface area contributed by atoms with Crippen molar-refractivity contribution in [1.82, 2.24) is 19.8 Å². The predicted octanol–water partition coefficient (Wildman–Crippen LogP) is 3.68. The highest BCUT2D eigenvalue weighted by molar-refractivity contribution is 7.82. The largest absolute Gasteiger partial charge is 0.487 e. The maximum atomic E-state index is 13.4. The van der Waals surface area contributed by atoms with Gasteiger partial charge in [-0.2, -0.15) is 0 Å². The second-order valence-electron chi connectivity index (χ2n) is 12.8. The van der Waals surface area contributed by atoms with Gasteiger partial charge in [0, 0.05) is 38.3 Å². The molecule has 266 valence electrons. The second-order valence-corrected chi connectivity index (χ2v) is 14.3. The van der Waals surface area contributed by atoms with Crippen LogP contribution < -0.4 is 20.3 Å². The maximum Gasteiger partial charge on any atom is 0.407 e. The Balaban J connectivity index is 0.00000265. The quantitative estimate of drug-likeness (QED) is 0.264. The first-order chi connectivity index (χ1) is 23.4. The molecule has 0 aromatic heterocycles. The van der Waals surface area contributed by atoms with Crippen molar-refractivity contribution in [3.05, 3.63) is 53.6 Å². The smallest absolute Gasteiger partial charge is 0.407 e. The minimum Gasteiger partial charge on any atom is -0.487 e. The van der Waals surface area contributed by atoms with Crippen LogP contribution in [0.5, 0.6) is 5.75 Å². The Hall–Kier alpha value is -4.30. The van der Waals surface area contributed by atoms with Crippen LogP contribution >= 0.6 is 0 Å². The minimum absolute atomic E-state index is 0.0366. The third-order valence-electron chi connectivity index (χ3n) is 8.25. The number of nitrogens with zero attached hydrogens (tertiary/aromatic N) is 3. The summed E-state index contributed by atoms with van der Waals surface area (Å²) in [6.45, 7) is 11.7. The van der Waals surface area contributed by atoms with Gasteiger partial charge < -0.3 is 29.8 Å². The number of piperidine rings is 1. The fraction of sp³-hybridized carbons (Fsp3) is 0.514. The van der Waals surface area contributed by atoms with Crippen LogP contribution in [0.15, 0.2) is 47.4 Å². The third-order valence-corrected chi connectivity index (χ3v) is 9.74. The Morgan fingerprint density at radius 1 is 1.02 bits per heavy atom. The van der Waals surface area contributed by atoms with Crippen molar-refractivity contribution in [2.45, 2.75) is 89.0 Å². The molecule has 3 heterocycles. The topological polar surface area (TPSA) is 155 Å². The van der Waals surface area contributed by atoms with E-state index in [9.17, 15) is 28.2 Å². The number of benzene rings is 2. The van der Waals surface area contributed by atoms with Gasteiger partial charge in [-0.15, -0.1) is 0 Å². The number of hydrogen-bond donors (Lipinski definition) is 2. The number of fused-ring (bicyclic) bond motifs is 1. The number of hydrogen-bond acceptors (Lipinski definition) is 9. The van der Waals surface area contributed by atoms with Crippen LogP contribution in [0.25, 0.3) is 0 Å². The fourth-order valence-electron chi connectivity index (χ4n) is 5.86. The number of anilines is 1. The van der Waals surface area contributed by atoms with Crippen molar-refractivity contribution in [2.24, 2.45) is 0 Å². The van der Waals surface area contributed by atoms with Crippen molar-refractivity contribution in [2.75, 3.05) is 38.1 Å². The lowest BCUT2D eigenvalue weighted by atomic mass is 10.1. The average Bonchev–Trinajstić information content (AvgIpc) is 3.31. The van der Waals surface area contributed by atoms with Crippen LogP contribution in [0.3, 0.4) is 0 Å². The lowest BCUT2D eigenvalue weighted by Gasteiger charge is -2.40. The predicted molar refractivity (Wildman–Crippen MR) is 185 cm³/mol. The lowest BCUT2D eigenvalue weighted by molar-refractivity contribution is -0.124. The van der Waals surface area contributed by atoms with E-state index in [2.05, 4.69) is 10.6 Å². The van der Waals surface area contributed by atoms with E-state index < -0.39 is 46.4 Å². The van der Waals surface area contributed by atoms with E-state index in [1.807, 2.05) is 56.0 Å². The van der Waals surface area contributed by atoms with Crippen LogP contribution in [-0.4, -0.2) is 101 Å². The molecule has 2 fully saturated rings. The van der Waals surface area contributed by atoms with Crippen LogP contribution in [-0.2, 0) is 25.3 Å². The SMILES string of the molecule is CC.CNC(=O)C(CCC=O)N1C(=O)c2ccc(N3CC(Oc4cccc(S(=O)N5CCC(NC(=O)OC(C)(C)C)CC5)c4)C3)cc2C1=O. The fourth-order valence-corrected chi connectivity index (χ4v) is 7.11. The number of alkyl carbamates (subject to hydrolysis) is 1. The summed E-state index contributed by atoms with van der Waals surface area (Å²) in [5.74, 6) is -1.02. The molecule has 0 radical (unpaired) electrons. The van der Waals surface area contributed by atoms with Crippen molar-refractivity contribution in [1.29, 1.82) is 0 Å². The molecule has 14 heteroatoms. The van der Waals surface area contributed by atoms with E-state index in [1.54, 1.807) is 30.3 Å². The van der Waals surface area contributed by atoms with E-state index in [0.29, 0.717) is 56.0 Å². The number of carbonyl (C=O) groups excluding carboxylic acids is 5. The Bertz CT molecular complexity index is 1560. The van der Waals surface area contributed by atoms with Gasteiger partial charge in [-0.05, 0) is 76.4 Å². The number of aldehydes is 1. The van der Waals surface area contributed by atoms with E-state index in [1.165, 1.54) is 7.05 Å². The van der Waals surface area contributed by atoms with E-state index in [4.69, 9.17) is 9.47 Å². The molecule has 5 rings (SSSR count). The number of ether oxygens (including phenoxy) is 2. The first kappa shape index (κ1) is 37.5. The van der Waals surface area contributed by atoms with Crippen molar-refractivity contribution < 1.29 is 37.7 Å². The summed E-state index contributed by atoms with van der Waals surface area (Å²) in [7, 11) is 0.0350. The normalized spacial score (nSPS) is 18.0. The number of carbonyl (C=O) groups is 5. The standard InChI is InChI=1S/C33H41N5O8S.C2H6/c1-33(2,3)46-32(43)35-21-12-14-37(15-13-21)47(44)25-8-5-7-23(18-25)45-24-19-36(20-24)22-10-11-26-27(17-22)31(42)38(30(26)41)28(9-6-16-39)29(40)34-4;1-2/h5,7-8,10-11,16-18,21,24,28H,6,9,12-15,19-20H2,1-4H3,(H,34,40)(H,35,43);1-2H3. The van der Waals surface area contributed by atoms with Crippen molar-refractivity contribution in [3.8, 4) is 5.75 Å². The van der Waals surface area contributed by atoms with Crippen molar-refractivity contribution >= 4 is 46.8 Å². The summed E-state index contributed by atoms with van der Waals surface area (Å²) in [6, 6.07) is 11.1. The van der Waals surface area contributed by atoms with Gasteiger partial charge in [0.15, 0.2) is 0 Å². The van der Waals surface area contributed by atoms with Gasteiger partial charge in [0.05, 0.1) is 29.1 Å². The molecule has 2 N–H and O–H groups in total. The molecule has 2 aromatic carbocycles. The number of nitrogens with one attached hydrogen (secondary N) is 2. The summed E-state index contributed by atoms with van der Waals surface area (Å²) >= 11 is 0. The molecule has 2 aromatic rings. The van der Waals surface area contributed by atoms with Gasteiger partial charge >= 0.3 is 6.09 Å². The van der Waals surface area contributed by atoms with E-state index in [-0.39, 0.29) is 36.1 Å². The van der Waals surface area contributed by atoms with Gasteiger partial charge in [0.1, 0.15) is 40.8 Å². The Morgan fingerprint density at radius 2 is 1.69 bits per heavy atom. The lowest BCUT2D eigenvalue weighted by Crippen LogP contribution is -2.54. The van der Waals surface area contributed by atoms with E-state index in [0.717, 1.165) is 10.6 Å². The number of amides is 4. The van der Waals surface area contributed by atoms with Gasteiger partial charge in [0.2, 0.25) is 5.91 Å². The first-order valence-corrected chi connectivity index (χ1v) is 17.8. The highest BCUT2D eigenvalue weighted by atomic mass is 32.2. The Kier molecular flexibility index (Phi) is 12.6. The van der Waals surface area contributed by atoms with Gasteiger partial charge in [-0.3, -0.25) is 19.3 Å². The van der Waals surface area contributed by atoms with Crippen LogP contribution in [0.4, 0.5) is 10.5 Å². The minimum atomic E-state index is -1.38. The van der Waals surface area contributed by atoms with E-state index >= 15 is 0 Å². The zero-order valence-electron chi connectivity index (χ0n) is 29.0. The number of rotatable bonds is 11. The molecule has 0 bridgehead atoms. The van der Waals surface area contributed by atoms with Crippen LogP contribution in [0.2, 0.25) is 0 Å². The second kappa shape index (κ2) is 16.4. The molecule has 3 aliphatic rings. The number of likely N-dealkylation sites (N-methyl/N-ethyl adjacent to an activating group) is 1. The Morgan fingerprint density at radius 3 is 2.33 bits per heavy atom. The summed E-state index contributed by atoms with van der Waals surface area (Å²) in [5.41, 5.74) is 0.621. The zero-order valence-corrected chi connectivity index (χ0v) is 29.8. The highest BCUT2D eigenvalue weighted by Crippen LogP contribution is 2.32. The van der Waals surface area contributed by atoms with Gasteiger partial charge in [-0.1, -0.05) is 19.9 Å². The molecule has 2 atom stereocenters. The molecular weight excluding hydrogens is 650 g/mol. The van der Waals surface area contributed by atoms with Crippen LogP contribution in [0, 0.1) is 0 Å². The van der Waals surface area contributed by atoms with Gasteiger partial charge in [-0.25, -0.2) is 13.3 Å². The monoisotopic (exact) mass is 697 g/mol. The molecule has 49 heavy (non-hydrogen) atoms. The van der Waals surface area contributed by atoms with Crippen LogP contribution in [0.1, 0.15) is 81.0 Å².